The second-order valence-corrected chi connectivity index (χ2v) is 12.1. The first-order valence-corrected chi connectivity index (χ1v) is 16.2. The van der Waals surface area contributed by atoms with E-state index in [1.807, 2.05) is 18.2 Å². The molecule has 2 atom stereocenters. The molecule has 0 spiro atoms. The summed E-state index contributed by atoms with van der Waals surface area (Å²) in [7, 11) is 0. The second kappa shape index (κ2) is 12.8. The van der Waals surface area contributed by atoms with Crippen LogP contribution in [0.15, 0.2) is 66.7 Å². The van der Waals surface area contributed by atoms with Crippen LogP contribution in [0.4, 0.5) is 5.69 Å². The van der Waals surface area contributed by atoms with Gasteiger partial charge < -0.3 is 14.2 Å². The lowest BCUT2D eigenvalue weighted by Crippen LogP contribution is -2.32. The number of aryl methyl sites for hydroxylation is 1. The van der Waals surface area contributed by atoms with E-state index in [2.05, 4.69) is 99.5 Å². The van der Waals surface area contributed by atoms with E-state index in [0.29, 0.717) is 11.5 Å². The molecule has 0 amide bonds. The van der Waals surface area contributed by atoms with E-state index in [-0.39, 0.29) is 5.97 Å². The molecule has 0 aliphatic carbocycles. The molecule has 1 aliphatic rings. The van der Waals surface area contributed by atoms with Crippen LogP contribution in [-0.2, 0) is 16.9 Å². The third-order valence-electron chi connectivity index (χ3n) is 9.46. The quantitative estimate of drug-likeness (QED) is 0.152. The molecule has 0 fully saturated rings. The van der Waals surface area contributed by atoms with Gasteiger partial charge in [-0.25, -0.2) is 4.79 Å². The number of hydrogen-bond acceptors (Lipinski definition) is 3. The molecule has 4 aromatic rings. The Morgan fingerprint density at radius 1 is 0.881 bits per heavy atom. The fourth-order valence-electron chi connectivity index (χ4n) is 7.08. The number of rotatable bonds is 13. The number of unbranched alkanes of at least 4 members (excludes halogenated alkanes) is 2. The highest BCUT2D eigenvalue weighted by atomic mass is 16.6. The molecule has 1 aromatic heterocycles. The van der Waals surface area contributed by atoms with Crippen molar-refractivity contribution < 1.29 is 9.53 Å². The minimum Gasteiger partial charge on any atom is -0.440 e. The van der Waals surface area contributed by atoms with Gasteiger partial charge in [0, 0.05) is 58.6 Å². The van der Waals surface area contributed by atoms with Crippen LogP contribution in [0.1, 0.15) is 105 Å². The van der Waals surface area contributed by atoms with Gasteiger partial charge in [0.15, 0.2) is 5.60 Å². The largest absolute Gasteiger partial charge is 0.440 e. The molecule has 1 aliphatic heterocycles. The monoisotopic (exact) mass is 564 g/mol. The van der Waals surface area contributed by atoms with Crippen molar-refractivity contribution in [3.63, 3.8) is 0 Å². The summed E-state index contributed by atoms with van der Waals surface area (Å²) in [6.45, 7) is 16.4. The molecule has 0 N–H and O–H groups in total. The standard InChI is InChI=1S/C38H48N2O2/c1-7-11-17-29(9-3)26-40-28(6)36(32-19-14-16-21-35(32)40)38(34-20-15-13-18-31(34)37(41)42-38)33-23-22-30(25-27(33)5)39(10-4)24-12-8-2/h13-16,18-23,25,29H,7-12,17,24,26H2,1-6H3. The summed E-state index contributed by atoms with van der Waals surface area (Å²) >= 11 is 0. The zero-order chi connectivity index (χ0) is 29.9. The van der Waals surface area contributed by atoms with Crippen LogP contribution in [-0.4, -0.2) is 23.6 Å². The smallest absolute Gasteiger partial charge is 0.340 e. The number of carbonyl (C=O) groups excluding carboxylic acids is 1. The maximum Gasteiger partial charge on any atom is 0.340 e. The Morgan fingerprint density at radius 2 is 1.62 bits per heavy atom. The number of benzene rings is 3. The van der Waals surface area contributed by atoms with E-state index in [4.69, 9.17) is 4.74 Å². The number of ether oxygens (including phenoxy) is 1. The van der Waals surface area contributed by atoms with Gasteiger partial charge in [-0.3, -0.25) is 0 Å². The van der Waals surface area contributed by atoms with Crippen molar-refractivity contribution in [1.82, 2.24) is 4.57 Å². The van der Waals surface area contributed by atoms with E-state index in [0.717, 1.165) is 53.7 Å². The molecule has 222 valence electrons. The minimum atomic E-state index is -1.02. The highest BCUT2D eigenvalue weighted by Crippen LogP contribution is 2.52. The van der Waals surface area contributed by atoms with Gasteiger partial charge in [-0.15, -0.1) is 0 Å². The fourth-order valence-corrected chi connectivity index (χ4v) is 7.08. The molecular formula is C38H48N2O2. The predicted molar refractivity (Wildman–Crippen MR) is 176 cm³/mol. The summed E-state index contributed by atoms with van der Waals surface area (Å²) in [5, 5.41) is 1.16. The topological polar surface area (TPSA) is 34.5 Å². The zero-order valence-corrected chi connectivity index (χ0v) is 26.5. The Bertz CT molecular complexity index is 1550. The average molecular weight is 565 g/mol. The lowest BCUT2D eigenvalue weighted by molar-refractivity contribution is 0.0252. The van der Waals surface area contributed by atoms with Gasteiger partial charge in [0.1, 0.15) is 0 Å². The van der Waals surface area contributed by atoms with Gasteiger partial charge >= 0.3 is 5.97 Å². The van der Waals surface area contributed by atoms with Crippen LogP contribution >= 0.6 is 0 Å². The molecule has 2 unspecified atom stereocenters. The highest BCUT2D eigenvalue weighted by Gasteiger charge is 2.51. The molecule has 2 heterocycles. The van der Waals surface area contributed by atoms with Crippen molar-refractivity contribution in [1.29, 1.82) is 0 Å². The number of carbonyl (C=O) groups is 1. The van der Waals surface area contributed by atoms with Crippen molar-refractivity contribution in [2.45, 2.75) is 92.2 Å². The lowest BCUT2D eigenvalue weighted by atomic mass is 9.77. The van der Waals surface area contributed by atoms with Crippen LogP contribution in [0.3, 0.4) is 0 Å². The van der Waals surface area contributed by atoms with Crippen molar-refractivity contribution in [3.05, 3.63) is 100 Å². The van der Waals surface area contributed by atoms with Gasteiger partial charge in [0.05, 0.1) is 5.56 Å². The number of hydrogen-bond donors (Lipinski definition) is 0. The van der Waals surface area contributed by atoms with E-state index < -0.39 is 5.60 Å². The summed E-state index contributed by atoms with van der Waals surface area (Å²) in [5.74, 6) is 0.351. The minimum absolute atomic E-state index is 0.252. The molecular weight excluding hydrogens is 516 g/mol. The number of cyclic esters (lactones) is 1. The molecule has 3 aromatic carbocycles. The Labute approximate surface area is 252 Å². The number of esters is 1. The molecule has 0 bridgehead atoms. The average Bonchev–Trinajstić information content (AvgIpc) is 3.46. The SMILES string of the molecule is CCCCC(CC)Cn1c(C)c(C2(c3ccc(N(CC)CCCC)cc3C)OC(=O)c3ccccc32)c2ccccc21. The van der Waals surface area contributed by atoms with Crippen molar-refractivity contribution in [2.24, 2.45) is 5.92 Å². The highest BCUT2D eigenvalue weighted by molar-refractivity contribution is 5.99. The summed E-state index contributed by atoms with van der Waals surface area (Å²) in [6.07, 6.45) is 7.17. The maximum absolute atomic E-state index is 13.6. The van der Waals surface area contributed by atoms with Crippen molar-refractivity contribution in [3.8, 4) is 0 Å². The number of nitrogens with zero attached hydrogens (tertiary/aromatic N) is 2. The number of aromatic nitrogens is 1. The summed E-state index contributed by atoms with van der Waals surface area (Å²) in [5.41, 5.74) is 7.46. The Hall–Kier alpha value is -3.53. The van der Waals surface area contributed by atoms with E-state index in [1.54, 1.807) is 0 Å². The van der Waals surface area contributed by atoms with Crippen LogP contribution in [0.5, 0.6) is 0 Å². The summed E-state index contributed by atoms with van der Waals surface area (Å²) in [4.78, 5) is 16.1. The third kappa shape index (κ3) is 5.14. The normalized spacial score (nSPS) is 17.0. The van der Waals surface area contributed by atoms with Crippen LogP contribution in [0.2, 0.25) is 0 Å². The first-order chi connectivity index (χ1) is 20.4. The summed E-state index contributed by atoms with van der Waals surface area (Å²) < 4.78 is 9.19. The molecule has 4 nitrogen and oxygen atoms in total. The fraction of sp³-hybridized carbons (Fsp3) is 0.447. The van der Waals surface area contributed by atoms with E-state index >= 15 is 0 Å². The zero-order valence-electron chi connectivity index (χ0n) is 26.5. The van der Waals surface area contributed by atoms with Crippen molar-refractivity contribution in [2.75, 3.05) is 18.0 Å². The van der Waals surface area contributed by atoms with Crippen LogP contribution in [0.25, 0.3) is 10.9 Å². The molecule has 4 heteroatoms. The third-order valence-corrected chi connectivity index (χ3v) is 9.46. The van der Waals surface area contributed by atoms with E-state index in [9.17, 15) is 4.79 Å². The molecule has 0 saturated heterocycles. The Balaban J connectivity index is 1.75. The summed E-state index contributed by atoms with van der Waals surface area (Å²) in [6, 6.07) is 23.4. The van der Waals surface area contributed by atoms with Gasteiger partial charge in [-0.05, 0) is 69.4 Å². The Kier molecular flexibility index (Phi) is 9.11. The first kappa shape index (κ1) is 29.9. The first-order valence-electron chi connectivity index (χ1n) is 16.2. The number of fused-ring (bicyclic) bond motifs is 2. The van der Waals surface area contributed by atoms with E-state index in [1.165, 1.54) is 49.0 Å². The molecule has 0 radical (unpaired) electrons. The van der Waals surface area contributed by atoms with Crippen molar-refractivity contribution >= 4 is 22.6 Å². The molecule has 42 heavy (non-hydrogen) atoms. The van der Waals surface area contributed by atoms with Crippen LogP contribution < -0.4 is 4.90 Å². The molecule has 0 saturated carbocycles. The Morgan fingerprint density at radius 3 is 2.33 bits per heavy atom. The number of para-hydroxylation sites is 1. The number of anilines is 1. The van der Waals surface area contributed by atoms with Crippen LogP contribution in [0, 0.1) is 19.8 Å². The predicted octanol–water partition coefficient (Wildman–Crippen LogP) is 9.56. The maximum atomic E-state index is 13.6. The van der Waals surface area contributed by atoms with Gasteiger partial charge in [0.25, 0.3) is 0 Å². The molecule has 5 rings (SSSR count). The lowest BCUT2D eigenvalue weighted by Gasteiger charge is -2.33. The second-order valence-electron chi connectivity index (χ2n) is 12.1. The van der Waals surface area contributed by atoms with Gasteiger partial charge in [-0.2, -0.15) is 0 Å². The van der Waals surface area contributed by atoms with Gasteiger partial charge in [-0.1, -0.05) is 88.9 Å². The van der Waals surface area contributed by atoms with Gasteiger partial charge in [0.2, 0.25) is 0 Å².